The van der Waals surface area contributed by atoms with Crippen LogP contribution in [0.5, 0.6) is 17.5 Å². The molecule has 2 aliphatic heterocycles. The maximum absolute atomic E-state index is 12.2. The van der Waals surface area contributed by atoms with Crippen molar-refractivity contribution in [2.24, 2.45) is 5.92 Å². The van der Waals surface area contributed by atoms with E-state index >= 15 is 0 Å². The second-order valence-corrected chi connectivity index (χ2v) is 10.4. The van der Waals surface area contributed by atoms with Gasteiger partial charge < -0.3 is 19.1 Å². The number of likely N-dealkylation sites (tertiary alicyclic amines) is 1. The van der Waals surface area contributed by atoms with E-state index in [2.05, 4.69) is 9.97 Å². The number of carbonyl (C=O) groups is 1. The summed E-state index contributed by atoms with van der Waals surface area (Å²) in [5.74, 6) is 1.43. The van der Waals surface area contributed by atoms with Gasteiger partial charge >= 0.3 is 17.5 Å². The van der Waals surface area contributed by atoms with Gasteiger partial charge in [0.1, 0.15) is 18.2 Å². The first-order chi connectivity index (χ1) is 17.3. The molecule has 0 bridgehead atoms. The van der Waals surface area contributed by atoms with E-state index in [4.69, 9.17) is 34.2 Å². The summed E-state index contributed by atoms with van der Waals surface area (Å²) in [6, 6.07) is 5.39. The number of ether oxygens (including phenoxy) is 3. The van der Waals surface area contributed by atoms with Crippen molar-refractivity contribution >= 4 is 29.1 Å². The van der Waals surface area contributed by atoms with Gasteiger partial charge in [0.05, 0.1) is 30.4 Å². The zero-order valence-electron chi connectivity index (χ0n) is 20.5. The van der Waals surface area contributed by atoms with E-state index in [1.807, 2.05) is 26.8 Å². The minimum Gasteiger partial charge on any atom is -0.474 e. The summed E-state index contributed by atoms with van der Waals surface area (Å²) in [6.07, 6.45) is 2.36. The second-order valence-electron chi connectivity index (χ2n) is 9.15. The Balaban J connectivity index is 1.35. The Hall–Kier alpha value is -2.47. The molecule has 0 N–H and O–H groups in total. The van der Waals surface area contributed by atoms with Gasteiger partial charge in [0.2, 0.25) is 11.8 Å². The molecule has 12 heteroatoms. The first kappa shape index (κ1) is 26.6. The molecule has 2 saturated heterocycles. The van der Waals surface area contributed by atoms with Gasteiger partial charge in [0, 0.05) is 31.8 Å². The Labute approximate surface area is 218 Å². The molecule has 2 aromatic rings. The van der Waals surface area contributed by atoms with Crippen LogP contribution in [0.4, 0.5) is 4.79 Å². The summed E-state index contributed by atoms with van der Waals surface area (Å²) >= 11 is 4.78. The van der Waals surface area contributed by atoms with E-state index in [1.165, 1.54) is 6.33 Å². The molecular weight excluding hydrogens is 510 g/mol. The third kappa shape index (κ3) is 6.84. The highest BCUT2D eigenvalue weighted by Crippen LogP contribution is 2.35. The molecule has 196 valence electrons. The summed E-state index contributed by atoms with van der Waals surface area (Å²) in [4.78, 5) is 22.4. The fourth-order valence-electron chi connectivity index (χ4n) is 3.79. The fourth-order valence-corrected chi connectivity index (χ4v) is 4.64. The number of aromatic nitrogens is 2. The third-order valence-corrected chi connectivity index (χ3v) is 6.83. The lowest BCUT2D eigenvalue weighted by Crippen LogP contribution is -2.42. The molecule has 0 atom stereocenters. The highest BCUT2D eigenvalue weighted by atomic mass is 35.5. The predicted molar refractivity (Wildman–Crippen MR) is 132 cm³/mol. The molecule has 2 aliphatic rings. The van der Waals surface area contributed by atoms with Crippen LogP contribution in [0, 0.1) is 12.8 Å². The number of piperidine rings is 1. The second kappa shape index (κ2) is 12.2. The van der Waals surface area contributed by atoms with Crippen molar-refractivity contribution in [3.05, 3.63) is 40.7 Å². The lowest BCUT2D eigenvalue weighted by Gasteiger charge is -2.31. The topological polar surface area (TPSA) is 109 Å². The molecule has 1 aromatic heterocycles. The maximum atomic E-state index is 12.2. The quantitative estimate of drug-likeness (QED) is 0.499. The summed E-state index contributed by atoms with van der Waals surface area (Å²) in [5, 5.41) is 0.399. The maximum Gasteiger partial charge on any atom is 0.409 e. The number of rotatable bonds is 7. The number of halogens is 1. The number of amides is 1. The van der Waals surface area contributed by atoms with Crippen LogP contribution >= 0.6 is 11.6 Å². The third-order valence-electron chi connectivity index (χ3n) is 5.88. The molecule has 0 spiro atoms. The number of carbonyl (C=O) groups excluding carboxylic acids is 1. The fraction of sp³-hybridized carbons (Fsp3) is 0.542. The predicted octanol–water partition coefficient (Wildman–Crippen LogP) is 4.58. The number of nitrogens with zero attached hydrogens (tertiary/aromatic N) is 3. The number of benzene rings is 1. The monoisotopic (exact) mass is 539 g/mol. The SMILES string of the molecule is Cc1c(Oc2ccc(C3COS(=O)OC3)cc2Cl)ncnc1OC1CCN(C(=O)OCC(C)C)CC1. The Kier molecular flexibility index (Phi) is 9.00. The highest BCUT2D eigenvalue weighted by Gasteiger charge is 2.27. The minimum atomic E-state index is -1.69. The van der Waals surface area contributed by atoms with Gasteiger partial charge in [-0.2, -0.15) is 4.21 Å². The van der Waals surface area contributed by atoms with Gasteiger partial charge in [0.25, 0.3) is 0 Å². The Morgan fingerprint density at radius 2 is 1.89 bits per heavy atom. The van der Waals surface area contributed by atoms with Crippen LogP contribution < -0.4 is 9.47 Å². The van der Waals surface area contributed by atoms with Crippen molar-refractivity contribution in [3.63, 3.8) is 0 Å². The van der Waals surface area contributed by atoms with Crippen LogP contribution in [-0.2, 0) is 24.5 Å². The molecule has 10 nitrogen and oxygen atoms in total. The van der Waals surface area contributed by atoms with Gasteiger partial charge in [-0.15, -0.1) is 0 Å². The lowest BCUT2D eigenvalue weighted by molar-refractivity contribution is 0.0603. The van der Waals surface area contributed by atoms with Crippen LogP contribution in [-0.4, -0.2) is 64.2 Å². The van der Waals surface area contributed by atoms with Crippen molar-refractivity contribution in [2.45, 2.75) is 45.6 Å². The van der Waals surface area contributed by atoms with E-state index in [-0.39, 0.29) is 31.3 Å². The lowest BCUT2D eigenvalue weighted by atomic mass is 10.0. The van der Waals surface area contributed by atoms with E-state index < -0.39 is 11.4 Å². The minimum absolute atomic E-state index is 0.0708. The van der Waals surface area contributed by atoms with E-state index in [0.717, 1.165) is 5.56 Å². The van der Waals surface area contributed by atoms with Gasteiger partial charge in [-0.3, -0.25) is 8.37 Å². The molecule has 0 aliphatic carbocycles. The van der Waals surface area contributed by atoms with Crippen LogP contribution in [0.15, 0.2) is 24.5 Å². The largest absolute Gasteiger partial charge is 0.474 e. The van der Waals surface area contributed by atoms with E-state index in [1.54, 1.807) is 17.0 Å². The van der Waals surface area contributed by atoms with Crippen LogP contribution in [0.1, 0.15) is 43.7 Å². The first-order valence-electron chi connectivity index (χ1n) is 11.9. The molecule has 0 saturated carbocycles. The van der Waals surface area contributed by atoms with Crippen LogP contribution in [0.2, 0.25) is 5.02 Å². The number of hydrogen-bond acceptors (Lipinski definition) is 9. The van der Waals surface area contributed by atoms with Crippen LogP contribution in [0.3, 0.4) is 0 Å². The van der Waals surface area contributed by atoms with E-state index in [9.17, 15) is 9.00 Å². The number of hydrogen-bond donors (Lipinski definition) is 0. The van der Waals surface area contributed by atoms with Gasteiger partial charge in [0.15, 0.2) is 0 Å². The van der Waals surface area contributed by atoms with Crippen molar-refractivity contribution < 1.29 is 31.6 Å². The van der Waals surface area contributed by atoms with Crippen molar-refractivity contribution in [2.75, 3.05) is 32.9 Å². The smallest absolute Gasteiger partial charge is 0.409 e. The molecule has 36 heavy (non-hydrogen) atoms. The summed E-state index contributed by atoms with van der Waals surface area (Å²) in [6.45, 7) is 7.93. The Morgan fingerprint density at radius 1 is 1.19 bits per heavy atom. The molecule has 1 aromatic carbocycles. The van der Waals surface area contributed by atoms with Crippen molar-refractivity contribution in [1.82, 2.24) is 14.9 Å². The van der Waals surface area contributed by atoms with Crippen molar-refractivity contribution in [3.8, 4) is 17.5 Å². The standard InChI is InChI=1S/C24H30ClN3O7S/c1-15(2)11-31-24(29)28-8-6-19(7-9-28)34-22-16(3)23(27-14-26-22)35-21-5-4-17(10-20(21)25)18-12-32-36(30)33-13-18/h4-5,10,14-15,18-19H,6-9,11-13H2,1-3H3. The molecule has 3 heterocycles. The zero-order valence-corrected chi connectivity index (χ0v) is 22.0. The van der Waals surface area contributed by atoms with Crippen molar-refractivity contribution in [1.29, 1.82) is 0 Å². The van der Waals surface area contributed by atoms with Gasteiger partial charge in [-0.1, -0.05) is 31.5 Å². The summed E-state index contributed by atoms with van der Waals surface area (Å²) < 4.78 is 38.8. The zero-order chi connectivity index (χ0) is 25.7. The first-order valence-corrected chi connectivity index (χ1v) is 13.2. The average molecular weight is 540 g/mol. The molecule has 2 fully saturated rings. The molecular formula is C24H30ClN3O7S. The summed E-state index contributed by atoms with van der Waals surface area (Å²) in [5.41, 5.74) is 1.54. The average Bonchev–Trinajstić information content (AvgIpc) is 2.87. The van der Waals surface area contributed by atoms with Crippen LogP contribution in [0.25, 0.3) is 0 Å². The summed E-state index contributed by atoms with van der Waals surface area (Å²) in [7, 11) is 0. The van der Waals surface area contributed by atoms with E-state index in [0.29, 0.717) is 66.6 Å². The molecule has 1 amide bonds. The molecule has 4 rings (SSSR count). The molecule has 0 radical (unpaired) electrons. The normalized spacial score (nSPS) is 20.9. The highest BCUT2D eigenvalue weighted by molar-refractivity contribution is 7.75. The Bertz CT molecular complexity index is 1090. The molecule has 0 unspecified atom stereocenters. The van der Waals surface area contributed by atoms with Gasteiger partial charge in [-0.05, 0) is 30.5 Å². The van der Waals surface area contributed by atoms with Gasteiger partial charge in [-0.25, -0.2) is 14.8 Å². The Morgan fingerprint density at radius 3 is 2.56 bits per heavy atom.